The number of ketones is 1. The summed E-state index contributed by atoms with van der Waals surface area (Å²) in [6.45, 7) is 7.29. The van der Waals surface area contributed by atoms with Gasteiger partial charge in [-0.05, 0) is 25.3 Å². The monoisotopic (exact) mass is 169 g/mol. The van der Waals surface area contributed by atoms with Gasteiger partial charge in [0.15, 0.2) is 0 Å². The molecule has 0 radical (unpaired) electrons. The minimum atomic E-state index is 0.424. The molecule has 0 amide bonds. The highest BCUT2D eigenvalue weighted by atomic mass is 16.1. The second-order valence-electron chi connectivity index (χ2n) is 3.92. The summed E-state index contributed by atoms with van der Waals surface area (Å²) in [7, 11) is 0. The van der Waals surface area contributed by atoms with E-state index < -0.39 is 0 Å². The maximum absolute atomic E-state index is 11.3. The molecule has 0 aliphatic carbocycles. The topological polar surface area (TPSA) is 20.3 Å². The van der Waals surface area contributed by atoms with Crippen LogP contribution >= 0.6 is 0 Å². The number of carbonyl (C=O) groups is 1. The van der Waals surface area contributed by atoms with Crippen LogP contribution in [0.1, 0.15) is 33.1 Å². The van der Waals surface area contributed by atoms with Gasteiger partial charge in [0.25, 0.3) is 0 Å². The summed E-state index contributed by atoms with van der Waals surface area (Å²) in [6, 6.07) is 0. The van der Waals surface area contributed by atoms with Crippen molar-refractivity contribution in [1.29, 1.82) is 0 Å². The smallest absolute Gasteiger partial charge is 0.146 e. The van der Waals surface area contributed by atoms with Crippen molar-refractivity contribution in [3.8, 4) is 0 Å². The van der Waals surface area contributed by atoms with Gasteiger partial charge in [-0.3, -0.25) is 9.69 Å². The van der Waals surface area contributed by atoms with Crippen LogP contribution in [0.25, 0.3) is 0 Å². The van der Waals surface area contributed by atoms with Crippen LogP contribution in [0.5, 0.6) is 0 Å². The largest absolute Gasteiger partial charge is 0.298 e. The highest BCUT2D eigenvalue weighted by Gasteiger charge is 2.18. The van der Waals surface area contributed by atoms with Crippen molar-refractivity contribution in [1.82, 2.24) is 4.90 Å². The van der Waals surface area contributed by atoms with E-state index in [0.717, 1.165) is 32.4 Å². The van der Waals surface area contributed by atoms with Gasteiger partial charge in [0.05, 0.1) is 6.54 Å². The summed E-state index contributed by atoms with van der Waals surface area (Å²) in [4.78, 5) is 13.6. The average Bonchev–Trinajstić information content (AvgIpc) is 2.14. The lowest BCUT2D eigenvalue weighted by Gasteiger charge is -2.20. The van der Waals surface area contributed by atoms with E-state index >= 15 is 0 Å². The number of carbonyl (C=O) groups excluding carboxylic acids is 1. The Labute approximate surface area is 74.9 Å². The quantitative estimate of drug-likeness (QED) is 0.627. The molecule has 0 saturated carbocycles. The summed E-state index contributed by atoms with van der Waals surface area (Å²) >= 11 is 0. The van der Waals surface area contributed by atoms with E-state index in [-0.39, 0.29) is 0 Å². The van der Waals surface area contributed by atoms with Gasteiger partial charge < -0.3 is 0 Å². The lowest BCUT2D eigenvalue weighted by molar-refractivity contribution is -0.119. The van der Waals surface area contributed by atoms with Gasteiger partial charge in [-0.25, -0.2) is 0 Å². The molecule has 2 heteroatoms. The standard InChI is InChI=1S/C10H19NO/c1-3-6-11-7-9(2)4-5-10(12)8-11/h9H,3-8H2,1-2H3. The molecule has 1 rings (SSSR count). The summed E-state index contributed by atoms with van der Waals surface area (Å²) in [5.41, 5.74) is 0. The maximum Gasteiger partial charge on any atom is 0.146 e. The molecule has 0 aromatic rings. The van der Waals surface area contributed by atoms with Gasteiger partial charge in [-0.1, -0.05) is 13.8 Å². The van der Waals surface area contributed by atoms with E-state index in [1.165, 1.54) is 0 Å². The molecule has 1 unspecified atom stereocenters. The Bertz CT molecular complexity index is 156. The molecule has 0 aromatic heterocycles. The molecule has 1 aliphatic rings. The van der Waals surface area contributed by atoms with Crippen LogP contribution in [-0.2, 0) is 4.79 Å². The Morgan fingerprint density at radius 3 is 3.00 bits per heavy atom. The van der Waals surface area contributed by atoms with Gasteiger partial charge >= 0.3 is 0 Å². The maximum atomic E-state index is 11.3. The highest BCUT2D eigenvalue weighted by Crippen LogP contribution is 2.13. The number of hydrogen-bond acceptors (Lipinski definition) is 2. The third-order valence-corrected chi connectivity index (χ3v) is 2.43. The Morgan fingerprint density at radius 2 is 2.33 bits per heavy atom. The number of hydrogen-bond donors (Lipinski definition) is 0. The average molecular weight is 169 g/mol. The minimum absolute atomic E-state index is 0.424. The van der Waals surface area contributed by atoms with E-state index in [4.69, 9.17) is 0 Å². The molecule has 70 valence electrons. The molecule has 1 fully saturated rings. The van der Waals surface area contributed by atoms with E-state index in [1.807, 2.05) is 0 Å². The van der Waals surface area contributed by atoms with Crippen LogP contribution in [0.2, 0.25) is 0 Å². The molecule has 0 bridgehead atoms. The summed E-state index contributed by atoms with van der Waals surface area (Å²) < 4.78 is 0. The zero-order valence-electron chi connectivity index (χ0n) is 8.18. The molecule has 1 atom stereocenters. The van der Waals surface area contributed by atoms with Gasteiger partial charge in [0, 0.05) is 13.0 Å². The summed E-state index contributed by atoms with van der Waals surface area (Å²) in [6.07, 6.45) is 3.03. The van der Waals surface area contributed by atoms with Gasteiger partial charge in [-0.2, -0.15) is 0 Å². The molecule has 0 aromatic carbocycles. The van der Waals surface area contributed by atoms with Crippen LogP contribution in [-0.4, -0.2) is 30.3 Å². The predicted octanol–water partition coefficient (Wildman–Crippen LogP) is 1.70. The first-order chi connectivity index (χ1) is 5.72. The molecule has 12 heavy (non-hydrogen) atoms. The summed E-state index contributed by atoms with van der Waals surface area (Å²) in [5, 5.41) is 0. The van der Waals surface area contributed by atoms with E-state index in [1.54, 1.807) is 0 Å². The number of rotatable bonds is 2. The molecule has 0 spiro atoms. The Hall–Kier alpha value is -0.370. The van der Waals surface area contributed by atoms with Crippen molar-refractivity contribution >= 4 is 5.78 Å². The SMILES string of the molecule is CCCN1CC(=O)CCC(C)C1. The van der Waals surface area contributed by atoms with Crippen LogP contribution in [0.3, 0.4) is 0 Å². The normalized spacial score (nSPS) is 27.2. The zero-order chi connectivity index (χ0) is 8.97. The van der Waals surface area contributed by atoms with E-state index in [0.29, 0.717) is 18.2 Å². The molecule has 2 nitrogen and oxygen atoms in total. The number of nitrogens with zero attached hydrogens (tertiary/aromatic N) is 1. The number of likely N-dealkylation sites (tertiary alicyclic amines) is 1. The van der Waals surface area contributed by atoms with Gasteiger partial charge in [0.1, 0.15) is 5.78 Å². The highest BCUT2D eigenvalue weighted by molar-refractivity contribution is 5.80. The van der Waals surface area contributed by atoms with Crippen molar-refractivity contribution in [2.24, 2.45) is 5.92 Å². The van der Waals surface area contributed by atoms with Gasteiger partial charge in [-0.15, -0.1) is 0 Å². The predicted molar refractivity (Wildman–Crippen MR) is 50.1 cm³/mol. The fourth-order valence-corrected chi connectivity index (χ4v) is 1.82. The van der Waals surface area contributed by atoms with Crippen LogP contribution in [0, 0.1) is 5.92 Å². The number of Topliss-reactive ketones (excluding diaryl/α,β-unsaturated/α-hetero) is 1. The fraction of sp³-hybridized carbons (Fsp3) is 0.900. The second-order valence-corrected chi connectivity index (χ2v) is 3.92. The van der Waals surface area contributed by atoms with Crippen LogP contribution in [0.4, 0.5) is 0 Å². The molecular formula is C10H19NO. The first-order valence-electron chi connectivity index (χ1n) is 4.96. The molecule has 0 N–H and O–H groups in total. The lowest BCUT2D eigenvalue weighted by atomic mass is 10.1. The summed E-state index contributed by atoms with van der Waals surface area (Å²) in [5.74, 6) is 1.12. The first-order valence-corrected chi connectivity index (χ1v) is 4.96. The molecule has 1 saturated heterocycles. The van der Waals surface area contributed by atoms with Crippen molar-refractivity contribution in [2.75, 3.05) is 19.6 Å². The minimum Gasteiger partial charge on any atom is -0.298 e. The third kappa shape index (κ3) is 2.94. The van der Waals surface area contributed by atoms with Crippen molar-refractivity contribution < 1.29 is 4.79 Å². The lowest BCUT2D eigenvalue weighted by Crippen LogP contribution is -2.31. The van der Waals surface area contributed by atoms with E-state index in [9.17, 15) is 4.79 Å². The zero-order valence-corrected chi connectivity index (χ0v) is 8.18. The van der Waals surface area contributed by atoms with Crippen molar-refractivity contribution in [3.05, 3.63) is 0 Å². The molecule has 1 aliphatic heterocycles. The van der Waals surface area contributed by atoms with Crippen LogP contribution < -0.4 is 0 Å². The Kier molecular flexibility index (Phi) is 3.73. The first kappa shape index (κ1) is 9.72. The van der Waals surface area contributed by atoms with E-state index in [2.05, 4.69) is 18.7 Å². The molecular weight excluding hydrogens is 150 g/mol. The Morgan fingerprint density at radius 1 is 1.58 bits per heavy atom. The fourth-order valence-electron chi connectivity index (χ4n) is 1.82. The second kappa shape index (κ2) is 4.61. The third-order valence-electron chi connectivity index (χ3n) is 2.43. The Balaban J connectivity index is 2.43. The molecule has 1 heterocycles. The van der Waals surface area contributed by atoms with Crippen LogP contribution in [0.15, 0.2) is 0 Å². The van der Waals surface area contributed by atoms with Crippen molar-refractivity contribution in [3.63, 3.8) is 0 Å². The van der Waals surface area contributed by atoms with Crippen molar-refractivity contribution in [2.45, 2.75) is 33.1 Å². The van der Waals surface area contributed by atoms with Gasteiger partial charge in [0.2, 0.25) is 0 Å².